The van der Waals surface area contributed by atoms with E-state index in [0.717, 1.165) is 11.1 Å². The molecule has 2 rings (SSSR count). The van der Waals surface area contributed by atoms with Gasteiger partial charge in [0.05, 0.1) is 18.3 Å². The van der Waals surface area contributed by atoms with Crippen molar-refractivity contribution in [1.29, 1.82) is 0 Å². The number of nitrogens with one attached hydrogen (secondary N) is 1. The number of rotatable bonds is 2. The molecule has 0 aliphatic carbocycles. The SMILES string of the molecule is Cc1cc(C#CCN)cc(NC(=O)c2cnn(C)c2)c1. The number of hydrogen-bond donors (Lipinski definition) is 2. The molecule has 1 aromatic carbocycles. The van der Waals surface area contributed by atoms with Crippen LogP contribution >= 0.6 is 0 Å². The number of aromatic nitrogens is 2. The van der Waals surface area contributed by atoms with Gasteiger partial charge in [-0.25, -0.2) is 0 Å². The number of nitrogens with zero attached hydrogens (tertiary/aromatic N) is 2. The molecule has 5 heteroatoms. The lowest BCUT2D eigenvalue weighted by atomic mass is 10.1. The van der Waals surface area contributed by atoms with Crippen molar-refractivity contribution in [3.05, 3.63) is 47.3 Å². The van der Waals surface area contributed by atoms with Crippen LogP contribution < -0.4 is 11.1 Å². The molecular formula is C15H16N4O. The van der Waals surface area contributed by atoms with Crippen molar-refractivity contribution in [1.82, 2.24) is 9.78 Å². The number of anilines is 1. The van der Waals surface area contributed by atoms with Crippen molar-refractivity contribution >= 4 is 11.6 Å². The van der Waals surface area contributed by atoms with Crippen LogP contribution in [0, 0.1) is 18.8 Å². The summed E-state index contributed by atoms with van der Waals surface area (Å²) in [5, 5.41) is 6.81. The lowest BCUT2D eigenvalue weighted by molar-refractivity contribution is 0.102. The summed E-state index contributed by atoms with van der Waals surface area (Å²) in [4.78, 5) is 12.0. The summed E-state index contributed by atoms with van der Waals surface area (Å²) in [6, 6.07) is 5.66. The Hall–Kier alpha value is -2.58. The van der Waals surface area contributed by atoms with E-state index in [1.807, 2.05) is 25.1 Å². The first-order valence-electron chi connectivity index (χ1n) is 6.19. The normalized spacial score (nSPS) is 9.75. The fourth-order valence-electron chi connectivity index (χ4n) is 1.82. The van der Waals surface area contributed by atoms with E-state index in [2.05, 4.69) is 22.3 Å². The summed E-state index contributed by atoms with van der Waals surface area (Å²) in [5.74, 6) is 5.57. The zero-order valence-corrected chi connectivity index (χ0v) is 11.5. The molecule has 1 amide bonds. The first-order valence-corrected chi connectivity index (χ1v) is 6.19. The van der Waals surface area contributed by atoms with Crippen molar-refractivity contribution in [2.24, 2.45) is 12.8 Å². The van der Waals surface area contributed by atoms with Gasteiger partial charge in [0.2, 0.25) is 0 Å². The van der Waals surface area contributed by atoms with Crippen LogP contribution in [-0.4, -0.2) is 22.2 Å². The molecule has 102 valence electrons. The molecule has 0 spiro atoms. The third kappa shape index (κ3) is 3.46. The smallest absolute Gasteiger partial charge is 0.258 e. The standard InChI is InChI=1S/C15H16N4O/c1-11-6-12(4-3-5-16)8-14(7-11)18-15(20)13-9-17-19(2)10-13/h6-10H,5,16H2,1-2H3,(H,18,20). The molecule has 0 bridgehead atoms. The van der Waals surface area contributed by atoms with E-state index in [1.54, 1.807) is 17.9 Å². The van der Waals surface area contributed by atoms with Crippen molar-refractivity contribution in [2.75, 3.05) is 11.9 Å². The molecule has 2 aromatic rings. The predicted molar refractivity (Wildman–Crippen MR) is 78.3 cm³/mol. The molecule has 0 aliphatic rings. The van der Waals surface area contributed by atoms with E-state index in [-0.39, 0.29) is 5.91 Å². The quantitative estimate of drug-likeness (QED) is 0.806. The Morgan fingerprint density at radius 2 is 2.25 bits per heavy atom. The molecule has 20 heavy (non-hydrogen) atoms. The fourth-order valence-corrected chi connectivity index (χ4v) is 1.82. The van der Waals surface area contributed by atoms with E-state index < -0.39 is 0 Å². The molecule has 1 heterocycles. The summed E-state index contributed by atoms with van der Waals surface area (Å²) in [7, 11) is 1.77. The number of carbonyl (C=O) groups is 1. The third-order valence-electron chi connectivity index (χ3n) is 2.64. The zero-order chi connectivity index (χ0) is 14.5. The Morgan fingerprint density at radius 1 is 1.45 bits per heavy atom. The largest absolute Gasteiger partial charge is 0.322 e. The van der Waals surface area contributed by atoms with Crippen LogP contribution in [0.3, 0.4) is 0 Å². The summed E-state index contributed by atoms with van der Waals surface area (Å²) >= 11 is 0. The number of aryl methyl sites for hydroxylation is 2. The Kier molecular flexibility index (Phi) is 4.18. The number of hydrogen-bond acceptors (Lipinski definition) is 3. The maximum Gasteiger partial charge on any atom is 0.258 e. The van der Waals surface area contributed by atoms with Gasteiger partial charge in [-0.2, -0.15) is 5.10 Å². The molecule has 0 aliphatic heterocycles. The Morgan fingerprint density at radius 3 is 2.90 bits per heavy atom. The lowest BCUT2D eigenvalue weighted by Crippen LogP contribution is -2.11. The van der Waals surface area contributed by atoms with Crippen molar-refractivity contribution < 1.29 is 4.79 Å². The topological polar surface area (TPSA) is 72.9 Å². The average molecular weight is 268 g/mol. The van der Waals surface area contributed by atoms with Gasteiger partial charge in [-0.05, 0) is 30.7 Å². The predicted octanol–water partition coefficient (Wildman–Crippen LogP) is 1.29. The van der Waals surface area contributed by atoms with Crippen LogP contribution in [0.25, 0.3) is 0 Å². The molecule has 0 fully saturated rings. The van der Waals surface area contributed by atoms with Gasteiger partial charge in [-0.1, -0.05) is 11.8 Å². The van der Waals surface area contributed by atoms with Crippen LogP contribution in [0.15, 0.2) is 30.6 Å². The fraction of sp³-hybridized carbons (Fsp3) is 0.200. The highest BCUT2D eigenvalue weighted by atomic mass is 16.1. The summed E-state index contributed by atoms with van der Waals surface area (Å²) < 4.78 is 1.59. The second-order valence-corrected chi connectivity index (χ2v) is 4.45. The molecule has 0 unspecified atom stereocenters. The first kappa shape index (κ1) is 13.8. The summed E-state index contributed by atoms with van der Waals surface area (Å²) in [6.07, 6.45) is 3.19. The molecule has 3 N–H and O–H groups in total. The summed E-state index contributed by atoms with van der Waals surface area (Å²) in [6.45, 7) is 2.26. The Labute approximate surface area is 117 Å². The highest BCUT2D eigenvalue weighted by Gasteiger charge is 2.08. The minimum Gasteiger partial charge on any atom is -0.322 e. The van der Waals surface area contributed by atoms with Crippen molar-refractivity contribution in [2.45, 2.75) is 6.92 Å². The molecule has 0 atom stereocenters. The number of amides is 1. The van der Waals surface area contributed by atoms with Gasteiger partial charge >= 0.3 is 0 Å². The van der Waals surface area contributed by atoms with Gasteiger partial charge in [-0.3, -0.25) is 9.48 Å². The molecule has 0 saturated carbocycles. The van der Waals surface area contributed by atoms with Crippen LogP contribution in [0.2, 0.25) is 0 Å². The lowest BCUT2D eigenvalue weighted by Gasteiger charge is -2.06. The number of carbonyl (C=O) groups excluding carboxylic acids is 1. The number of benzene rings is 1. The average Bonchev–Trinajstić information content (AvgIpc) is 2.82. The Balaban J connectivity index is 2.20. The molecule has 5 nitrogen and oxygen atoms in total. The second kappa shape index (κ2) is 6.04. The highest BCUT2D eigenvalue weighted by molar-refractivity contribution is 6.04. The second-order valence-electron chi connectivity index (χ2n) is 4.45. The van der Waals surface area contributed by atoms with E-state index in [1.165, 1.54) is 6.20 Å². The van der Waals surface area contributed by atoms with Crippen LogP contribution in [-0.2, 0) is 7.05 Å². The van der Waals surface area contributed by atoms with E-state index in [0.29, 0.717) is 17.8 Å². The van der Waals surface area contributed by atoms with E-state index >= 15 is 0 Å². The van der Waals surface area contributed by atoms with Gasteiger partial charge < -0.3 is 11.1 Å². The molecule has 0 radical (unpaired) electrons. The highest BCUT2D eigenvalue weighted by Crippen LogP contribution is 2.15. The van der Waals surface area contributed by atoms with Gasteiger partial charge in [0, 0.05) is 24.5 Å². The summed E-state index contributed by atoms with van der Waals surface area (Å²) in [5.41, 5.74) is 8.44. The maximum absolute atomic E-state index is 12.0. The van der Waals surface area contributed by atoms with Gasteiger partial charge in [0.25, 0.3) is 5.91 Å². The minimum atomic E-state index is -0.193. The Bertz CT molecular complexity index is 691. The van der Waals surface area contributed by atoms with Crippen LogP contribution in [0.5, 0.6) is 0 Å². The van der Waals surface area contributed by atoms with E-state index in [4.69, 9.17) is 5.73 Å². The van der Waals surface area contributed by atoms with Crippen molar-refractivity contribution in [3.8, 4) is 11.8 Å². The van der Waals surface area contributed by atoms with Gasteiger partial charge in [0.15, 0.2) is 0 Å². The molecule has 1 aromatic heterocycles. The monoisotopic (exact) mass is 268 g/mol. The maximum atomic E-state index is 12.0. The van der Waals surface area contributed by atoms with Gasteiger partial charge in [0.1, 0.15) is 0 Å². The molecular weight excluding hydrogens is 252 g/mol. The van der Waals surface area contributed by atoms with Crippen LogP contribution in [0.4, 0.5) is 5.69 Å². The van der Waals surface area contributed by atoms with Crippen molar-refractivity contribution in [3.63, 3.8) is 0 Å². The number of nitrogens with two attached hydrogens (primary N) is 1. The third-order valence-corrected chi connectivity index (χ3v) is 2.64. The van der Waals surface area contributed by atoms with E-state index in [9.17, 15) is 4.79 Å². The minimum absolute atomic E-state index is 0.193. The zero-order valence-electron chi connectivity index (χ0n) is 11.5. The van der Waals surface area contributed by atoms with Gasteiger partial charge in [-0.15, -0.1) is 0 Å². The molecule has 0 saturated heterocycles. The first-order chi connectivity index (χ1) is 9.58. The van der Waals surface area contributed by atoms with Crippen LogP contribution in [0.1, 0.15) is 21.5 Å².